The van der Waals surface area contributed by atoms with E-state index in [4.69, 9.17) is 25.8 Å². The van der Waals surface area contributed by atoms with Crippen molar-refractivity contribution >= 4 is 11.6 Å². The Balaban J connectivity index is 2.00. The molecule has 0 aromatic heterocycles. The van der Waals surface area contributed by atoms with Crippen LogP contribution in [0.25, 0.3) is 0 Å². The summed E-state index contributed by atoms with van der Waals surface area (Å²) in [6.07, 6.45) is -0.480. The summed E-state index contributed by atoms with van der Waals surface area (Å²) in [5.41, 5.74) is 2.14. The summed E-state index contributed by atoms with van der Waals surface area (Å²) in [5, 5.41) is 11.2. The van der Waals surface area contributed by atoms with Crippen LogP contribution in [-0.2, 0) is 20.6 Å². The second kappa shape index (κ2) is 9.31. The lowest BCUT2D eigenvalue weighted by atomic mass is 9.73. The number of hydrogen-bond acceptors (Lipinski definition) is 4. The molecule has 0 amide bonds. The zero-order valence-electron chi connectivity index (χ0n) is 17.3. The van der Waals surface area contributed by atoms with Crippen molar-refractivity contribution in [3.8, 4) is 0 Å². The molecule has 5 heteroatoms. The summed E-state index contributed by atoms with van der Waals surface area (Å²) in [5.74, 6) is -1.30. The number of halogens is 1. The molecule has 1 N–H and O–H groups in total. The molecule has 2 aromatic carbocycles. The van der Waals surface area contributed by atoms with Crippen molar-refractivity contribution in [1.82, 2.24) is 0 Å². The van der Waals surface area contributed by atoms with E-state index in [-0.39, 0.29) is 23.0 Å². The number of aliphatic hydroxyl groups excluding tert-OH is 1. The van der Waals surface area contributed by atoms with Crippen molar-refractivity contribution in [2.75, 3.05) is 14.2 Å². The molecule has 4 unspecified atom stereocenters. The molecule has 0 spiro atoms. The first-order valence-corrected chi connectivity index (χ1v) is 10.3. The molecule has 1 aliphatic carbocycles. The molecule has 29 heavy (non-hydrogen) atoms. The molecule has 0 aliphatic heterocycles. The van der Waals surface area contributed by atoms with Gasteiger partial charge in [-0.1, -0.05) is 79.2 Å². The third-order valence-corrected chi connectivity index (χ3v) is 6.28. The maximum Gasteiger partial charge on any atom is 0.232 e. The Hall–Kier alpha value is -1.85. The van der Waals surface area contributed by atoms with Gasteiger partial charge in [0.2, 0.25) is 5.79 Å². The van der Waals surface area contributed by atoms with Crippen LogP contribution in [0.4, 0.5) is 0 Å². The Morgan fingerprint density at radius 2 is 1.62 bits per heavy atom. The van der Waals surface area contributed by atoms with Gasteiger partial charge in [0.1, 0.15) is 0 Å². The highest BCUT2D eigenvalue weighted by Gasteiger charge is 2.55. The summed E-state index contributed by atoms with van der Waals surface area (Å²) >= 11 is 6.60. The predicted octanol–water partition coefficient (Wildman–Crippen LogP) is 5.07. The van der Waals surface area contributed by atoms with E-state index in [1.165, 1.54) is 7.11 Å². The van der Waals surface area contributed by atoms with E-state index in [9.17, 15) is 5.11 Å². The highest BCUT2D eigenvalue weighted by molar-refractivity contribution is 6.30. The molecule has 1 aliphatic rings. The van der Waals surface area contributed by atoms with Crippen LogP contribution in [0.15, 0.2) is 71.5 Å². The zero-order chi connectivity index (χ0) is 21.0. The minimum Gasteiger partial charge on any atom is -0.494 e. The number of benzene rings is 2. The van der Waals surface area contributed by atoms with Crippen LogP contribution in [0.5, 0.6) is 0 Å². The summed E-state index contributed by atoms with van der Waals surface area (Å²) in [7, 11) is 3.12. The second-order valence-corrected chi connectivity index (χ2v) is 7.92. The lowest BCUT2D eigenvalue weighted by Crippen LogP contribution is -2.54. The number of aliphatic hydroxyl groups is 1. The van der Waals surface area contributed by atoms with Crippen LogP contribution < -0.4 is 0 Å². The number of hydrogen-bond donors (Lipinski definition) is 1. The molecule has 3 rings (SSSR count). The van der Waals surface area contributed by atoms with Gasteiger partial charge in [0.05, 0.1) is 24.4 Å². The molecule has 0 saturated heterocycles. The van der Waals surface area contributed by atoms with Crippen LogP contribution in [-0.4, -0.2) is 31.2 Å². The van der Waals surface area contributed by atoms with Crippen LogP contribution in [0.3, 0.4) is 0 Å². The monoisotopic (exact) mass is 416 g/mol. The summed E-state index contributed by atoms with van der Waals surface area (Å²) < 4.78 is 18.1. The van der Waals surface area contributed by atoms with Gasteiger partial charge in [-0.05, 0) is 24.5 Å². The van der Waals surface area contributed by atoms with E-state index < -0.39 is 11.9 Å². The predicted molar refractivity (Wildman–Crippen MR) is 114 cm³/mol. The van der Waals surface area contributed by atoms with Gasteiger partial charge >= 0.3 is 0 Å². The fraction of sp³-hybridized carbons (Fsp3) is 0.417. The van der Waals surface area contributed by atoms with Gasteiger partial charge in [-0.3, -0.25) is 0 Å². The summed E-state index contributed by atoms with van der Waals surface area (Å²) in [6, 6.07) is 20.0. The average molecular weight is 417 g/mol. The molecule has 0 saturated carbocycles. The van der Waals surface area contributed by atoms with Crippen molar-refractivity contribution < 1.29 is 19.3 Å². The van der Waals surface area contributed by atoms with Gasteiger partial charge in [0, 0.05) is 18.9 Å². The van der Waals surface area contributed by atoms with Crippen molar-refractivity contribution in [2.24, 2.45) is 11.8 Å². The standard InChI is InChI=1S/C24H29ClO4/c1-16-20(15-18-11-7-5-8-12-18)22(26)21(25)23(27-3)24(16,28-4)29-17(2)19-13-9-6-10-14-19/h5-14,16-17,20,22,26H,15H2,1-4H3/t16?,17-,20?,22?,24?/m1/s1. The van der Waals surface area contributed by atoms with Crippen molar-refractivity contribution in [2.45, 2.75) is 38.3 Å². The minimum absolute atomic E-state index is 0.202. The summed E-state index contributed by atoms with van der Waals surface area (Å²) in [4.78, 5) is 0. The quantitative estimate of drug-likeness (QED) is 0.640. The van der Waals surface area contributed by atoms with E-state index >= 15 is 0 Å². The van der Waals surface area contributed by atoms with Gasteiger partial charge in [-0.2, -0.15) is 0 Å². The molecule has 0 bridgehead atoms. The number of ether oxygens (including phenoxy) is 3. The topological polar surface area (TPSA) is 47.9 Å². The Bertz CT molecular complexity index is 823. The smallest absolute Gasteiger partial charge is 0.232 e. The first kappa shape index (κ1) is 21.8. The molecular formula is C24H29ClO4. The van der Waals surface area contributed by atoms with Crippen molar-refractivity contribution in [3.63, 3.8) is 0 Å². The van der Waals surface area contributed by atoms with Crippen LogP contribution in [0.2, 0.25) is 0 Å². The van der Waals surface area contributed by atoms with Crippen molar-refractivity contribution in [1.29, 1.82) is 0 Å². The van der Waals surface area contributed by atoms with E-state index in [0.717, 1.165) is 11.1 Å². The molecule has 0 fully saturated rings. The highest BCUT2D eigenvalue weighted by Crippen LogP contribution is 2.49. The third-order valence-electron chi connectivity index (χ3n) is 5.88. The van der Waals surface area contributed by atoms with Crippen LogP contribution in [0, 0.1) is 11.8 Å². The van der Waals surface area contributed by atoms with E-state index in [0.29, 0.717) is 12.2 Å². The number of rotatable bonds is 7. The van der Waals surface area contributed by atoms with E-state index in [1.807, 2.05) is 74.5 Å². The molecule has 5 atom stereocenters. The molecule has 2 aromatic rings. The molecular weight excluding hydrogens is 388 g/mol. The lowest BCUT2D eigenvalue weighted by Gasteiger charge is -2.48. The Morgan fingerprint density at radius 3 is 2.17 bits per heavy atom. The summed E-state index contributed by atoms with van der Waals surface area (Å²) in [6.45, 7) is 3.99. The number of methoxy groups -OCH3 is 2. The largest absolute Gasteiger partial charge is 0.494 e. The maximum absolute atomic E-state index is 11.0. The molecule has 156 valence electrons. The zero-order valence-corrected chi connectivity index (χ0v) is 18.1. The average Bonchev–Trinajstić information content (AvgIpc) is 2.76. The SMILES string of the molecule is COC1=C(Cl)C(O)C(Cc2ccccc2)C(C)C1(OC)O[C@H](C)c1ccccc1. The Labute approximate surface area is 178 Å². The first-order chi connectivity index (χ1) is 13.9. The fourth-order valence-electron chi connectivity index (χ4n) is 4.21. The van der Waals surface area contributed by atoms with Gasteiger partial charge in [-0.15, -0.1) is 0 Å². The third kappa shape index (κ3) is 4.22. The maximum atomic E-state index is 11.0. The van der Waals surface area contributed by atoms with Crippen LogP contribution in [0.1, 0.15) is 31.1 Å². The highest BCUT2D eigenvalue weighted by atomic mass is 35.5. The van der Waals surface area contributed by atoms with Gasteiger partial charge in [0.15, 0.2) is 5.76 Å². The van der Waals surface area contributed by atoms with E-state index in [2.05, 4.69) is 0 Å². The van der Waals surface area contributed by atoms with Crippen LogP contribution >= 0.6 is 11.6 Å². The van der Waals surface area contributed by atoms with Crippen molar-refractivity contribution in [3.05, 3.63) is 82.6 Å². The van der Waals surface area contributed by atoms with Gasteiger partial charge in [0.25, 0.3) is 0 Å². The second-order valence-electron chi connectivity index (χ2n) is 7.51. The first-order valence-electron chi connectivity index (χ1n) is 9.88. The fourth-order valence-corrected chi connectivity index (χ4v) is 4.58. The Morgan fingerprint density at radius 1 is 1.03 bits per heavy atom. The molecule has 0 radical (unpaired) electrons. The lowest BCUT2D eigenvalue weighted by molar-refractivity contribution is -0.282. The molecule has 0 heterocycles. The minimum atomic E-state index is -1.21. The van der Waals surface area contributed by atoms with Gasteiger partial charge < -0.3 is 19.3 Å². The molecule has 4 nitrogen and oxygen atoms in total. The van der Waals surface area contributed by atoms with E-state index in [1.54, 1.807) is 7.11 Å². The Kier molecular flexibility index (Phi) is 7.01. The van der Waals surface area contributed by atoms with Gasteiger partial charge in [-0.25, -0.2) is 0 Å². The normalized spacial score (nSPS) is 28.3.